The van der Waals surface area contributed by atoms with Crippen molar-refractivity contribution in [3.05, 3.63) is 34.9 Å². The van der Waals surface area contributed by atoms with Crippen molar-refractivity contribution in [3.63, 3.8) is 0 Å². The molecule has 0 aromatic heterocycles. The van der Waals surface area contributed by atoms with Gasteiger partial charge >= 0.3 is 0 Å². The zero-order chi connectivity index (χ0) is 15.1. The van der Waals surface area contributed by atoms with Gasteiger partial charge in [-0.3, -0.25) is 4.79 Å². The SMILES string of the molecule is CN1CCN(CCC(=O)NCCc2ccc(Cl)cc2)CC1. The minimum atomic E-state index is 0.142. The number of hydrogen-bond acceptors (Lipinski definition) is 3. The van der Waals surface area contributed by atoms with Crippen molar-refractivity contribution < 1.29 is 4.79 Å². The van der Waals surface area contributed by atoms with Gasteiger partial charge in [0.15, 0.2) is 0 Å². The Balaban J connectivity index is 1.58. The maximum absolute atomic E-state index is 11.8. The minimum Gasteiger partial charge on any atom is -0.356 e. The van der Waals surface area contributed by atoms with Crippen LogP contribution in [-0.2, 0) is 11.2 Å². The first-order chi connectivity index (χ1) is 10.1. The molecule has 2 rings (SSSR count). The molecule has 1 aromatic carbocycles. The Morgan fingerprint density at radius 3 is 2.52 bits per heavy atom. The monoisotopic (exact) mass is 309 g/mol. The van der Waals surface area contributed by atoms with E-state index in [0.717, 1.165) is 44.2 Å². The third-order valence-electron chi connectivity index (χ3n) is 3.90. The lowest BCUT2D eigenvalue weighted by Gasteiger charge is -2.32. The number of nitrogens with zero attached hydrogens (tertiary/aromatic N) is 2. The van der Waals surface area contributed by atoms with E-state index in [-0.39, 0.29) is 5.91 Å². The highest BCUT2D eigenvalue weighted by atomic mass is 35.5. The topological polar surface area (TPSA) is 35.6 Å². The first kappa shape index (κ1) is 16.3. The molecule has 1 fully saturated rings. The summed E-state index contributed by atoms with van der Waals surface area (Å²) in [7, 11) is 2.14. The van der Waals surface area contributed by atoms with Crippen LogP contribution in [0.1, 0.15) is 12.0 Å². The molecule has 0 radical (unpaired) electrons. The molecule has 4 nitrogen and oxygen atoms in total. The van der Waals surface area contributed by atoms with Gasteiger partial charge in [0.1, 0.15) is 0 Å². The molecule has 116 valence electrons. The van der Waals surface area contributed by atoms with Gasteiger partial charge in [0.25, 0.3) is 0 Å². The smallest absolute Gasteiger partial charge is 0.221 e. The fourth-order valence-corrected chi connectivity index (χ4v) is 2.54. The second-order valence-corrected chi connectivity index (χ2v) is 6.06. The molecule has 1 heterocycles. The second kappa shape index (κ2) is 8.37. The van der Waals surface area contributed by atoms with Gasteiger partial charge in [-0.25, -0.2) is 0 Å². The summed E-state index contributed by atoms with van der Waals surface area (Å²) < 4.78 is 0. The first-order valence-corrected chi connectivity index (χ1v) is 7.93. The average molecular weight is 310 g/mol. The fraction of sp³-hybridized carbons (Fsp3) is 0.562. The molecule has 1 N–H and O–H groups in total. The van der Waals surface area contributed by atoms with Crippen molar-refractivity contribution >= 4 is 17.5 Å². The summed E-state index contributed by atoms with van der Waals surface area (Å²) in [5.41, 5.74) is 1.19. The number of carbonyl (C=O) groups is 1. The number of rotatable bonds is 6. The van der Waals surface area contributed by atoms with E-state index < -0.39 is 0 Å². The van der Waals surface area contributed by atoms with Crippen molar-refractivity contribution in [3.8, 4) is 0 Å². The number of amides is 1. The van der Waals surface area contributed by atoms with Gasteiger partial charge in [-0.05, 0) is 31.2 Å². The summed E-state index contributed by atoms with van der Waals surface area (Å²) in [5.74, 6) is 0.142. The van der Waals surface area contributed by atoms with Gasteiger partial charge in [0.2, 0.25) is 5.91 Å². The van der Waals surface area contributed by atoms with Crippen LogP contribution < -0.4 is 5.32 Å². The summed E-state index contributed by atoms with van der Waals surface area (Å²) in [6.07, 6.45) is 1.43. The van der Waals surface area contributed by atoms with Crippen LogP contribution in [0.25, 0.3) is 0 Å². The molecule has 0 aliphatic carbocycles. The molecule has 0 saturated carbocycles. The van der Waals surface area contributed by atoms with E-state index in [0.29, 0.717) is 13.0 Å². The van der Waals surface area contributed by atoms with Crippen LogP contribution in [-0.4, -0.2) is 62.0 Å². The number of likely N-dealkylation sites (N-methyl/N-ethyl adjacent to an activating group) is 1. The van der Waals surface area contributed by atoms with Gasteiger partial charge in [-0.2, -0.15) is 0 Å². The number of piperazine rings is 1. The van der Waals surface area contributed by atoms with Crippen molar-refractivity contribution in [1.82, 2.24) is 15.1 Å². The molecular weight excluding hydrogens is 286 g/mol. The molecule has 5 heteroatoms. The number of hydrogen-bond donors (Lipinski definition) is 1. The summed E-state index contributed by atoms with van der Waals surface area (Å²) in [5, 5.41) is 3.73. The largest absolute Gasteiger partial charge is 0.356 e. The molecule has 1 saturated heterocycles. The Morgan fingerprint density at radius 2 is 1.86 bits per heavy atom. The predicted molar refractivity (Wildman–Crippen MR) is 86.7 cm³/mol. The van der Waals surface area contributed by atoms with Crippen molar-refractivity contribution in [2.45, 2.75) is 12.8 Å². The lowest BCUT2D eigenvalue weighted by Crippen LogP contribution is -2.45. The molecule has 0 bridgehead atoms. The number of benzene rings is 1. The standard InChI is InChI=1S/C16H24ClN3O/c1-19-10-12-20(13-11-19)9-7-16(21)18-8-6-14-2-4-15(17)5-3-14/h2-5H,6-13H2,1H3,(H,18,21). The number of carbonyl (C=O) groups excluding carboxylic acids is 1. The van der Waals surface area contributed by atoms with E-state index in [1.807, 2.05) is 24.3 Å². The normalized spacial score (nSPS) is 16.9. The van der Waals surface area contributed by atoms with Gasteiger partial charge in [0, 0.05) is 50.7 Å². The van der Waals surface area contributed by atoms with Crippen LogP contribution in [0.15, 0.2) is 24.3 Å². The lowest BCUT2D eigenvalue weighted by atomic mass is 10.1. The van der Waals surface area contributed by atoms with Crippen molar-refractivity contribution in [1.29, 1.82) is 0 Å². The van der Waals surface area contributed by atoms with E-state index in [4.69, 9.17) is 11.6 Å². The Morgan fingerprint density at radius 1 is 1.19 bits per heavy atom. The van der Waals surface area contributed by atoms with Crippen molar-refractivity contribution in [2.75, 3.05) is 46.3 Å². The van der Waals surface area contributed by atoms with Crippen molar-refractivity contribution in [2.24, 2.45) is 0 Å². The Labute approximate surface area is 132 Å². The maximum atomic E-state index is 11.8. The highest BCUT2D eigenvalue weighted by molar-refractivity contribution is 6.30. The summed E-state index contributed by atoms with van der Waals surface area (Å²) >= 11 is 5.84. The summed E-state index contributed by atoms with van der Waals surface area (Å²) in [4.78, 5) is 16.5. The third kappa shape index (κ3) is 6.04. The molecule has 1 aliphatic heterocycles. The lowest BCUT2D eigenvalue weighted by molar-refractivity contribution is -0.121. The molecule has 0 atom stereocenters. The fourth-order valence-electron chi connectivity index (χ4n) is 2.42. The molecule has 0 spiro atoms. The predicted octanol–water partition coefficient (Wildman–Crippen LogP) is 1.64. The van der Waals surface area contributed by atoms with Crippen LogP contribution in [0.5, 0.6) is 0 Å². The summed E-state index contributed by atoms with van der Waals surface area (Å²) in [6, 6.07) is 7.76. The van der Waals surface area contributed by atoms with Crippen LogP contribution in [0, 0.1) is 0 Å². The van der Waals surface area contributed by atoms with Gasteiger partial charge < -0.3 is 15.1 Å². The van der Waals surface area contributed by atoms with E-state index in [9.17, 15) is 4.79 Å². The first-order valence-electron chi connectivity index (χ1n) is 7.55. The number of nitrogens with one attached hydrogen (secondary N) is 1. The molecular formula is C16H24ClN3O. The number of halogens is 1. The highest BCUT2D eigenvalue weighted by Crippen LogP contribution is 2.09. The van der Waals surface area contributed by atoms with E-state index in [1.165, 1.54) is 5.56 Å². The zero-order valence-corrected chi connectivity index (χ0v) is 13.4. The van der Waals surface area contributed by atoms with Gasteiger partial charge in [0.05, 0.1) is 0 Å². The Bertz CT molecular complexity index is 441. The van der Waals surface area contributed by atoms with Crippen LogP contribution in [0.4, 0.5) is 0 Å². The molecule has 1 amide bonds. The average Bonchev–Trinajstić information content (AvgIpc) is 2.49. The second-order valence-electron chi connectivity index (χ2n) is 5.62. The molecule has 1 aliphatic rings. The third-order valence-corrected chi connectivity index (χ3v) is 4.15. The van der Waals surface area contributed by atoms with Crippen LogP contribution in [0.3, 0.4) is 0 Å². The maximum Gasteiger partial charge on any atom is 0.221 e. The van der Waals surface area contributed by atoms with Gasteiger partial charge in [-0.1, -0.05) is 23.7 Å². The Kier molecular flexibility index (Phi) is 6.49. The van der Waals surface area contributed by atoms with Crippen LogP contribution in [0.2, 0.25) is 5.02 Å². The zero-order valence-electron chi connectivity index (χ0n) is 12.6. The minimum absolute atomic E-state index is 0.142. The quantitative estimate of drug-likeness (QED) is 0.868. The Hall–Kier alpha value is -1.10. The van der Waals surface area contributed by atoms with Crippen LogP contribution >= 0.6 is 11.6 Å². The molecule has 1 aromatic rings. The van der Waals surface area contributed by atoms with Gasteiger partial charge in [-0.15, -0.1) is 0 Å². The highest BCUT2D eigenvalue weighted by Gasteiger charge is 2.14. The molecule has 21 heavy (non-hydrogen) atoms. The molecule has 0 unspecified atom stereocenters. The summed E-state index contributed by atoms with van der Waals surface area (Å²) in [6.45, 7) is 5.86. The van der Waals surface area contributed by atoms with E-state index >= 15 is 0 Å². The van der Waals surface area contributed by atoms with E-state index in [1.54, 1.807) is 0 Å². The van der Waals surface area contributed by atoms with E-state index in [2.05, 4.69) is 22.2 Å².